The van der Waals surface area contributed by atoms with Crippen LogP contribution in [0.2, 0.25) is 0 Å². The first kappa shape index (κ1) is 17.1. The van der Waals surface area contributed by atoms with E-state index < -0.39 is 11.9 Å². The van der Waals surface area contributed by atoms with Crippen LogP contribution in [0.25, 0.3) is 0 Å². The number of hydrogen-bond donors (Lipinski definition) is 4. The van der Waals surface area contributed by atoms with Crippen LogP contribution in [-0.4, -0.2) is 33.0 Å². The van der Waals surface area contributed by atoms with Gasteiger partial charge in [0.05, 0.1) is 0 Å². The number of aliphatic hydroxyl groups is 1. The van der Waals surface area contributed by atoms with Crippen LogP contribution in [0.5, 0.6) is 11.5 Å². The molecule has 0 aliphatic heterocycles. The molecule has 0 amide bonds. The number of allylic oxidation sites excluding steroid dienone is 2. The second-order valence-corrected chi connectivity index (χ2v) is 6.04. The van der Waals surface area contributed by atoms with Crippen LogP contribution in [0.4, 0.5) is 0 Å². The molecule has 0 fully saturated rings. The summed E-state index contributed by atoms with van der Waals surface area (Å²) >= 11 is 0. The molecule has 2 atom stereocenters. The summed E-state index contributed by atoms with van der Waals surface area (Å²) in [6.45, 7) is 5.74. The van der Waals surface area contributed by atoms with E-state index in [-0.39, 0.29) is 29.6 Å². The Balaban J connectivity index is 2.53. The van der Waals surface area contributed by atoms with Gasteiger partial charge in [0.25, 0.3) is 0 Å². The zero-order valence-electron chi connectivity index (χ0n) is 13.1. The van der Waals surface area contributed by atoms with E-state index in [2.05, 4.69) is 6.58 Å². The lowest BCUT2D eigenvalue weighted by Gasteiger charge is -2.31. The molecular formula is C18H22O5. The van der Waals surface area contributed by atoms with Gasteiger partial charge >= 0.3 is 5.97 Å². The van der Waals surface area contributed by atoms with Crippen molar-refractivity contribution in [2.24, 2.45) is 5.92 Å². The Morgan fingerprint density at radius 2 is 1.91 bits per heavy atom. The topological polar surface area (TPSA) is 98.0 Å². The van der Waals surface area contributed by atoms with E-state index >= 15 is 0 Å². The lowest BCUT2D eigenvalue weighted by atomic mass is 9.73. The molecule has 0 bridgehead atoms. The highest BCUT2D eigenvalue weighted by molar-refractivity contribution is 5.87. The molecule has 5 nitrogen and oxygen atoms in total. The fourth-order valence-electron chi connectivity index (χ4n) is 3.22. The van der Waals surface area contributed by atoms with Gasteiger partial charge in [0.2, 0.25) is 0 Å². The number of hydrogen-bond acceptors (Lipinski definition) is 4. The predicted octanol–water partition coefficient (Wildman–Crippen LogP) is 2.71. The zero-order chi connectivity index (χ0) is 17.1. The number of benzene rings is 1. The van der Waals surface area contributed by atoms with Gasteiger partial charge in [-0.1, -0.05) is 18.2 Å². The SMILES string of the molecule is C=C(C)[C@H]1CCC(C(=O)O)=C[C@@H]1c1c(O)cc(CCO)cc1O. The van der Waals surface area contributed by atoms with Crippen molar-refractivity contribution in [2.75, 3.05) is 6.61 Å². The number of aromatic hydroxyl groups is 2. The second kappa shape index (κ2) is 6.87. The van der Waals surface area contributed by atoms with E-state index in [1.807, 2.05) is 6.92 Å². The van der Waals surface area contributed by atoms with Crippen LogP contribution in [0, 0.1) is 5.92 Å². The number of carboxylic acids is 1. The van der Waals surface area contributed by atoms with E-state index in [0.717, 1.165) is 5.57 Å². The number of phenolic OH excluding ortho intramolecular Hbond substituents is 2. The maximum atomic E-state index is 11.3. The summed E-state index contributed by atoms with van der Waals surface area (Å²) in [6.07, 6.45) is 2.97. The lowest BCUT2D eigenvalue weighted by molar-refractivity contribution is -0.133. The van der Waals surface area contributed by atoms with Crippen LogP contribution in [-0.2, 0) is 11.2 Å². The van der Waals surface area contributed by atoms with Gasteiger partial charge in [-0.05, 0) is 49.8 Å². The maximum Gasteiger partial charge on any atom is 0.331 e. The molecule has 0 aromatic heterocycles. The molecule has 0 unspecified atom stereocenters. The molecule has 1 aliphatic carbocycles. The van der Waals surface area contributed by atoms with Gasteiger partial charge in [0.1, 0.15) is 11.5 Å². The molecule has 0 saturated carbocycles. The lowest BCUT2D eigenvalue weighted by Crippen LogP contribution is -2.20. The van der Waals surface area contributed by atoms with Gasteiger partial charge in [0.15, 0.2) is 0 Å². The molecule has 1 aromatic carbocycles. The highest BCUT2D eigenvalue weighted by Crippen LogP contribution is 2.46. The molecule has 1 aliphatic rings. The van der Waals surface area contributed by atoms with Crippen molar-refractivity contribution in [2.45, 2.75) is 32.1 Å². The highest BCUT2D eigenvalue weighted by atomic mass is 16.4. The van der Waals surface area contributed by atoms with Gasteiger partial charge in [0, 0.05) is 23.7 Å². The normalized spacial score (nSPS) is 20.9. The molecule has 5 heteroatoms. The maximum absolute atomic E-state index is 11.3. The average Bonchev–Trinajstić information content (AvgIpc) is 2.46. The van der Waals surface area contributed by atoms with Crippen molar-refractivity contribution in [1.82, 2.24) is 0 Å². The summed E-state index contributed by atoms with van der Waals surface area (Å²) in [5, 5.41) is 38.9. The van der Waals surface area contributed by atoms with Crippen LogP contribution in [0.1, 0.15) is 36.8 Å². The summed E-state index contributed by atoms with van der Waals surface area (Å²) in [5.41, 5.74) is 2.11. The number of carbonyl (C=O) groups is 1. The highest BCUT2D eigenvalue weighted by Gasteiger charge is 2.32. The van der Waals surface area contributed by atoms with Crippen molar-refractivity contribution in [3.63, 3.8) is 0 Å². The Hall–Kier alpha value is -2.27. The Labute approximate surface area is 135 Å². The summed E-state index contributed by atoms with van der Waals surface area (Å²) in [5.74, 6) is -1.64. The number of aliphatic carboxylic acids is 1. The molecule has 0 radical (unpaired) electrons. The monoisotopic (exact) mass is 318 g/mol. The Bertz CT molecular complexity index is 636. The molecule has 1 aromatic rings. The standard InChI is InChI=1S/C18H22O5/c1-10(2)13-4-3-12(18(22)23)9-14(13)17-15(20)7-11(5-6-19)8-16(17)21/h7-9,13-14,19-21H,1,3-6H2,2H3,(H,22,23)/t13-,14+/m1/s1. The summed E-state index contributed by atoms with van der Waals surface area (Å²) in [7, 11) is 0. The number of rotatable bonds is 5. The number of carboxylic acid groups (broad SMARTS) is 1. The first-order valence-corrected chi connectivity index (χ1v) is 7.60. The van der Waals surface area contributed by atoms with Crippen LogP contribution >= 0.6 is 0 Å². The fourth-order valence-corrected chi connectivity index (χ4v) is 3.22. The van der Waals surface area contributed by atoms with Crippen LogP contribution < -0.4 is 0 Å². The van der Waals surface area contributed by atoms with Gasteiger partial charge in [-0.2, -0.15) is 0 Å². The largest absolute Gasteiger partial charge is 0.507 e. The van der Waals surface area contributed by atoms with E-state index in [4.69, 9.17) is 5.11 Å². The smallest absolute Gasteiger partial charge is 0.331 e. The number of phenols is 2. The third kappa shape index (κ3) is 3.56. The average molecular weight is 318 g/mol. The zero-order valence-corrected chi connectivity index (χ0v) is 13.1. The molecular weight excluding hydrogens is 296 g/mol. The Morgan fingerprint density at radius 1 is 1.30 bits per heavy atom. The van der Waals surface area contributed by atoms with E-state index in [0.29, 0.717) is 30.4 Å². The quantitative estimate of drug-likeness (QED) is 0.626. The van der Waals surface area contributed by atoms with Gasteiger partial charge in [-0.25, -0.2) is 4.79 Å². The Morgan fingerprint density at radius 3 is 2.39 bits per heavy atom. The minimum atomic E-state index is -0.981. The van der Waals surface area contributed by atoms with Crippen molar-refractivity contribution in [3.05, 3.63) is 47.1 Å². The minimum absolute atomic E-state index is 0.0430. The molecule has 0 saturated heterocycles. The van der Waals surface area contributed by atoms with E-state index in [1.165, 1.54) is 12.1 Å². The minimum Gasteiger partial charge on any atom is -0.507 e. The molecule has 0 heterocycles. The van der Waals surface area contributed by atoms with Crippen LogP contribution in [0.15, 0.2) is 35.9 Å². The molecule has 23 heavy (non-hydrogen) atoms. The molecule has 4 N–H and O–H groups in total. The third-order valence-electron chi connectivity index (χ3n) is 4.38. The summed E-state index contributed by atoms with van der Waals surface area (Å²) in [4.78, 5) is 11.3. The fraction of sp³-hybridized carbons (Fsp3) is 0.389. The van der Waals surface area contributed by atoms with E-state index in [1.54, 1.807) is 6.08 Å². The summed E-state index contributed by atoms with van der Waals surface area (Å²) in [6, 6.07) is 3.01. The first-order valence-electron chi connectivity index (χ1n) is 7.60. The van der Waals surface area contributed by atoms with Crippen LogP contribution in [0.3, 0.4) is 0 Å². The van der Waals surface area contributed by atoms with Gasteiger partial charge < -0.3 is 20.4 Å². The predicted molar refractivity (Wildman–Crippen MR) is 86.6 cm³/mol. The molecule has 2 rings (SSSR count). The van der Waals surface area contributed by atoms with Gasteiger partial charge in [-0.15, -0.1) is 0 Å². The summed E-state index contributed by atoms with van der Waals surface area (Å²) < 4.78 is 0. The second-order valence-electron chi connectivity index (χ2n) is 6.04. The molecule has 0 spiro atoms. The number of aliphatic hydroxyl groups excluding tert-OH is 1. The van der Waals surface area contributed by atoms with Crippen molar-refractivity contribution in [1.29, 1.82) is 0 Å². The molecule has 124 valence electrons. The first-order chi connectivity index (χ1) is 10.8. The van der Waals surface area contributed by atoms with Crippen molar-refractivity contribution >= 4 is 5.97 Å². The van der Waals surface area contributed by atoms with E-state index in [9.17, 15) is 20.1 Å². The Kier molecular flexibility index (Phi) is 5.11. The van der Waals surface area contributed by atoms with Crippen molar-refractivity contribution in [3.8, 4) is 11.5 Å². The third-order valence-corrected chi connectivity index (χ3v) is 4.38. The van der Waals surface area contributed by atoms with Gasteiger partial charge in [-0.3, -0.25) is 0 Å². The van der Waals surface area contributed by atoms with Crippen molar-refractivity contribution < 1.29 is 25.2 Å².